The Morgan fingerprint density at radius 1 is 1.13 bits per heavy atom. The van der Waals surface area contributed by atoms with Gasteiger partial charge in [0.05, 0.1) is 6.54 Å². The molecule has 0 unspecified atom stereocenters. The predicted molar refractivity (Wildman–Crippen MR) is 90.0 cm³/mol. The Kier molecular flexibility index (Phi) is 4.78. The van der Waals surface area contributed by atoms with Crippen molar-refractivity contribution in [3.63, 3.8) is 0 Å². The lowest BCUT2D eigenvalue weighted by molar-refractivity contribution is 0.299. The van der Waals surface area contributed by atoms with Gasteiger partial charge in [0.1, 0.15) is 17.9 Å². The molecule has 0 atom stereocenters. The van der Waals surface area contributed by atoms with E-state index in [0.29, 0.717) is 25.6 Å². The van der Waals surface area contributed by atoms with Crippen LogP contribution in [-0.4, -0.2) is 36.9 Å². The molecule has 0 aliphatic heterocycles. The van der Waals surface area contributed by atoms with E-state index < -0.39 is 0 Å². The lowest BCUT2D eigenvalue weighted by Crippen LogP contribution is -2.23. The molecule has 23 heavy (non-hydrogen) atoms. The van der Waals surface area contributed by atoms with Crippen molar-refractivity contribution in [2.24, 2.45) is 0 Å². The number of ether oxygens (including phenoxy) is 1. The number of aliphatic hydroxyl groups excluding tert-OH is 1. The molecule has 1 aromatic heterocycles. The zero-order valence-electron chi connectivity index (χ0n) is 13.1. The first-order valence-corrected chi connectivity index (χ1v) is 7.65. The largest absolute Gasteiger partial charge is 0.492 e. The minimum Gasteiger partial charge on any atom is -0.492 e. The quantitative estimate of drug-likeness (QED) is 0.727. The molecule has 0 amide bonds. The van der Waals surface area contributed by atoms with Crippen LogP contribution in [0.4, 0.5) is 6.01 Å². The van der Waals surface area contributed by atoms with Crippen LogP contribution in [0.1, 0.15) is 5.56 Å². The number of anilines is 1. The standard InChI is InChI=1S/C18H20N2O3/c1-20(18-19-16-4-2-3-5-17(16)23-18)11-13-22-15-8-6-14(7-9-15)10-12-21/h2-9,21H,10-13H2,1H3. The molecule has 5 heteroatoms. The van der Waals surface area contributed by atoms with Gasteiger partial charge in [0.15, 0.2) is 5.58 Å². The topological polar surface area (TPSA) is 58.7 Å². The first-order valence-electron chi connectivity index (χ1n) is 7.65. The van der Waals surface area contributed by atoms with Crippen LogP contribution >= 0.6 is 0 Å². The van der Waals surface area contributed by atoms with Gasteiger partial charge >= 0.3 is 0 Å². The molecule has 3 rings (SSSR count). The Morgan fingerprint density at radius 3 is 2.65 bits per heavy atom. The molecule has 0 saturated carbocycles. The zero-order chi connectivity index (χ0) is 16.1. The van der Waals surface area contributed by atoms with E-state index in [0.717, 1.165) is 22.4 Å². The molecule has 0 saturated heterocycles. The second kappa shape index (κ2) is 7.15. The maximum atomic E-state index is 8.90. The van der Waals surface area contributed by atoms with Crippen LogP contribution in [-0.2, 0) is 6.42 Å². The Hall–Kier alpha value is -2.53. The number of hydrogen-bond donors (Lipinski definition) is 1. The van der Waals surface area contributed by atoms with Gasteiger partial charge in [-0.1, -0.05) is 24.3 Å². The summed E-state index contributed by atoms with van der Waals surface area (Å²) in [6.45, 7) is 1.37. The number of aromatic nitrogens is 1. The van der Waals surface area contributed by atoms with E-state index in [1.807, 2.05) is 60.5 Å². The van der Waals surface area contributed by atoms with Crippen molar-refractivity contribution in [2.45, 2.75) is 6.42 Å². The molecule has 1 heterocycles. The number of hydrogen-bond acceptors (Lipinski definition) is 5. The van der Waals surface area contributed by atoms with Gasteiger partial charge in [-0.25, -0.2) is 0 Å². The molecule has 0 radical (unpaired) electrons. The van der Waals surface area contributed by atoms with Gasteiger partial charge < -0.3 is 19.2 Å². The smallest absolute Gasteiger partial charge is 0.298 e. The van der Waals surface area contributed by atoms with Crippen molar-refractivity contribution in [2.75, 3.05) is 31.7 Å². The minimum absolute atomic E-state index is 0.162. The minimum atomic E-state index is 0.162. The molecule has 0 aliphatic rings. The van der Waals surface area contributed by atoms with Gasteiger partial charge in [-0.15, -0.1) is 0 Å². The summed E-state index contributed by atoms with van der Waals surface area (Å²) in [7, 11) is 1.93. The maximum absolute atomic E-state index is 8.90. The van der Waals surface area contributed by atoms with E-state index in [4.69, 9.17) is 14.3 Å². The monoisotopic (exact) mass is 312 g/mol. The Labute approximate surface area is 135 Å². The second-order valence-electron chi connectivity index (χ2n) is 5.35. The lowest BCUT2D eigenvalue weighted by Gasteiger charge is -2.15. The molecule has 120 valence electrons. The highest BCUT2D eigenvalue weighted by atomic mass is 16.5. The molecule has 2 aromatic carbocycles. The normalized spacial score (nSPS) is 10.9. The van der Waals surface area contributed by atoms with Crippen molar-refractivity contribution < 1.29 is 14.3 Å². The number of aliphatic hydroxyl groups is 1. The zero-order valence-corrected chi connectivity index (χ0v) is 13.1. The summed E-state index contributed by atoms with van der Waals surface area (Å²) in [5, 5.41) is 8.90. The highest BCUT2D eigenvalue weighted by Crippen LogP contribution is 2.20. The van der Waals surface area contributed by atoms with E-state index in [2.05, 4.69) is 4.98 Å². The van der Waals surface area contributed by atoms with Crippen LogP contribution in [0.3, 0.4) is 0 Å². The van der Waals surface area contributed by atoms with E-state index in [1.165, 1.54) is 0 Å². The fourth-order valence-corrected chi connectivity index (χ4v) is 2.30. The summed E-state index contributed by atoms with van der Waals surface area (Å²) < 4.78 is 11.4. The summed E-state index contributed by atoms with van der Waals surface area (Å²) in [5.74, 6) is 0.817. The van der Waals surface area contributed by atoms with Crippen LogP contribution in [0.15, 0.2) is 52.9 Å². The number of para-hydroxylation sites is 2. The number of oxazole rings is 1. The molecular weight excluding hydrogens is 292 g/mol. The second-order valence-corrected chi connectivity index (χ2v) is 5.35. The molecule has 5 nitrogen and oxygen atoms in total. The molecule has 0 bridgehead atoms. The summed E-state index contributed by atoms with van der Waals surface area (Å²) >= 11 is 0. The number of benzene rings is 2. The molecular formula is C18H20N2O3. The number of fused-ring (bicyclic) bond motifs is 1. The Balaban J connectivity index is 1.53. The molecule has 1 N–H and O–H groups in total. The van der Waals surface area contributed by atoms with Crippen molar-refractivity contribution in [1.29, 1.82) is 0 Å². The van der Waals surface area contributed by atoms with E-state index in [9.17, 15) is 0 Å². The molecule has 0 aliphatic carbocycles. The number of nitrogens with zero attached hydrogens (tertiary/aromatic N) is 2. The van der Waals surface area contributed by atoms with Crippen molar-refractivity contribution in [3.8, 4) is 5.75 Å². The van der Waals surface area contributed by atoms with Gasteiger partial charge in [0.2, 0.25) is 0 Å². The van der Waals surface area contributed by atoms with Crippen LogP contribution in [0.5, 0.6) is 5.75 Å². The van der Waals surface area contributed by atoms with E-state index >= 15 is 0 Å². The Morgan fingerprint density at radius 2 is 1.91 bits per heavy atom. The summed E-state index contributed by atoms with van der Waals surface area (Å²) in [6, 6.07) is 16.1. The first-order chi connectivity index (χ1) is 11.3. The van der Waals surface area contributed by atoms with Gasteiger partial charge in [0, 0.05) is 13.7 Å². The molecule has 0 fully saturated rings. The average Bonchev–Trinajstić information content (AvgIpc) is 3.01. The third kappa shape index (κ3) is 3.81. The molecule has 3 aromatic rings. The number of rotatable bonds is 7. The fourth-order valence-electron chi connectivity index (χ4n) is 2.30. The predicted octanol–water partition coefficient (Wildman–Crippen LogP) is 2.88. The van der Waals surface area contributed by atoms with Crippen molar-refractivity contribution in [1.82, 2.24) is 4.98 Å². The fraction of sp³-hybridized carbons (Fsp3) is 0.278. The summed E-state index contributed by atoms with van der Waals surface area (Å²) in [6.07, 6.45) is 0.667. The van der Waals surface area contributed by atoms with Gasteiger partial charge in [-0.3, -0.25) is 0 Å². The summed E-state index contributed by atoms with van der Waals surface area (Å²) in [4.78, 5) is 6.38. The van der Waals surface area contributed by atoms with E-state index in [-0.39, 0.29) is 6.61 Å². The van der Waals surface area contributed by atoms with Crippen molar-refractivity contribution >= 4 is 17.1 Å². The summed E-state index contributed by atoms with van der Waals surface area (Å²) in [5.41, 5.74) is 2.74. The lowest BCUT2D eigenvalue weighted by atomic mass is 10.1. The maximum Gasteiger partial charge on any atom is 0.298 e. The number of likely N-dealkylation sites (N-methyl/N-ethyl adjacent to an activating group) is 1. The first kappa shape index (κ1) is 15.4. The van der Waals surface area contributed by atoms with Crippen LogP contribution < -0.4 is 9.64 Å². The average molecular weight is 312 g/mol. The highest BCUT2D eigenvalue weighted by Gasteiger charge is 2.09. The van der Waals surface area contributed by atoms with Crippen LogP contribution in [0.2, 0.25) is 0 Å². The molecule has 0 spiro atoms. The third-order valence-corrected chi connectivity index (χ3v) is 3.63. The van der Waals surface area contributed by atoms with Crippen LogP contribution in [0.25, 0.3) is 11.1 Å². The SMILES string of the molecule is CN(CCOc1ccc(CCO)cc1)c1nc2ccccc2o1. The van der Waals surface area contributed by atoms with Crippen LogP contribution in [0, 0.1) is 0 Å². The Bertz CT molecular complexity index is 719. The van der Waals surface area contributed by atoms with Crippen molar-refractivity contribution in [3.05, 3.63) is 54.1 Å². The van der Waals surface area contributed by atoms with Gasteiger partial charge in [-0.2, -0.15) is 4.98 Å². The van der Waals surface area contributed by atoms with E-state index in [1.54, 1.807) is 0 Å². The van der Waals surface area contributed by atoms with Gasteiger partial charge in [-0.05, 0) is 36.2 Å². The highest BCUT2D eigenvalue weighted by molar-refractivity contribution is 5.74. The van der Waals surface area contributed by atoms with Gasteiger partial charge in [0.25, 0.3) is 6.01 Å². The third-order valence-electron chi connectivity index (χ3n) is 3.63.